The van der Waals surface area contributed by atoms with E-state index in [1.54, 1.807) is 0 Å². The van der Waals surface area contributed by atoms with Gasteiger partial charge in [-0.05, 0) is 93.8 Å². The molecule has 25 nitrogen and oxygen atoms in total. The fourth-order valence-electron chi connectivity index (χ4n) is 5.79. The van der Waals surface area contributed by atoms with Gasteiger partial charge in [-0.25, -0.2) is 33.7 Å². The second-order valence-corrected chi connectivity index (χ2v) is 18.7. The molecule has 6 aromatic carbocycles. The zero-order valence-corrected chi connectivity index (χ0v) is 49.8. The van der Waals surface area contributed by atoms with Crippen molar-refractivity contribution in [2.45, 2.75) is 19.6 Å². The van der Waals surface area contributed by atoms with Crippen LogP contribution in [0.25, 0.3) is 21.5 Å². The molecule has 2 N–H and O–H groups in total. The molecule has 0 aliphatic carbocycles. The van der Waals surface area contributed by atoms with E-state index in [9.17, 15) is 72.3 Å². The van der Waals surface area contributed by atoms with Gasteiger partial charge in [0.2, 0.25) is 17.2 Å². The summed E-state index contributed by atoms with van der Waals surface area (Å²) in [6.07, 6.45) is 0. The van der Waals surface area contributed by atoms with Crippen molar-refractivity contribution in [3.05, 3.63) is 90.2 Å². The molecule has 36 heteroatoms. The SMILES string of the molecule is O=S(=O)([O-])c1ccc([O-])c(N=Nc2c(S(=O)(=O)[O-])cc3cc(Nc4nc(Cl)nc(Nc5ccc6c([O-])c(N=Nc7cc(S(=O)(=O)[O-])ccc7[O-])c(S(=O)(=O)[O-])cc6c5)n4)ccc3c2[O-])c1.[Cu+2].[Cu+2].[Na+].[Na+].[Na+].[Na+]. The molecular weight excluding hydrogens is 1190 g/mol. The molecule has 0 amide bonds. The Morgan fingerprint density at radius 3 is 1.13 bits per heavy atom. The van der Waals surface area contributed by atoms with E-state index in [4.69, 9.17) is 11.6 Å². The van der Waals surface area contributed by atoms with Crippen molar-refractivity contribution in [1.82, 2.24) is 15.0 Å². The summed E-state index contributed by atoms with van der Waals surface area (Å²) in [4.78, 5) is 7.94. The molecule has 2 radical (unpaired) electrons. The predicted molar refractivity (Wildman–Crippen MR) is 210 cm³/mol. The van der Waals surface area contributed by atoms with Crippen LogP contribution in [0, 0.1) is 0 Å². The first-order valence-electron chi connectivity index (χ1n) is 17.1. The Morgan fingerprint density at radius 1 is 0.451 bits per heavy atom. The third kappa shape index (κ3) is 15.9. The molecule has 354 valence electrons. The van der Waals surface area contributed by atoms with E-state index in [-0.39, 0.29) is 197 Å². The minimum atomic E-state index is -5.47. The second kappa shape index (κ2) is 26.0. The normalized spacial score (nSPS) is 11.6. The van der Waals surface area contributed by atoms with E-state index in [1.165, 1.54) is 36.4 Å². The number of fused-ring (bicyclic) bond motifs is 2. The van der Waals surface area contributed by atoms with Crippen LogP contribution in [0.1, 0.15) is 0 Å². The molecule has 7 aromatic rings. The first-order chi connectivity index (χ1) is 30.3. The Bertz CT molecular complexity index is 3490. The van der Waals surface area contributed by atoms with Crippen LogP contribution in [0.3, 0.4) is 0 Å². The number of hydrogen-bond acceptors (Lipinski definition) is 25. The number of aromatic nitrogens is 3. The third-order valence-corrected chi connectivity index (χ3v) is 12.2. The number of azo groups is 2. The van der Waals surface area contributed by atoms with Gasteiger partial charge in [0.05, 0.1) is 42.3 Å². The van der Waals surface area contributed by atoms with Crippen molar-refractivity contribution < 1.29 is 225 Å². The molecule has 0 atom stereocenters. The molecule has 0 unspecified atom stereocenters. The Hall–Kier alpha value is -2.18. The maximum atomic E-state index is 13.4. The average molecular weight is 1200 g/mol. The summed E-state index contributed by atoms with van der Waals surface area (Å²) in [5.41, 5.74) is -3.44. The quantitative estimate of drug-likeness (QED) is 0.0652. The Morgan fingerprint density at radius 2 is 0.803 bits per heavy atom. The molecule has 0 bridgehead atoms. The maximum absolute atomic E-state index is 13.4. The van der Waals surface area contributed by atoms with Crippen molar-refractivity contribution in [2.24, 2.45) is 20.5 Å². The van der Waals surface area contributed by atoms with Crippen LogP contribution in [0.15, 0.2) is 125 Å². The number of halogens is 1. The first-order valence-corrected chi connectivity index (χ1v) is 23.1. The summed E-state index contributed by atoms with van der Waals surface area (Å²) in [7, 11) is -21.1. The van der Waals surface area contributed by atoms with Gasteiger partial charge in [0.15, 0.2) is 0 Å². The minimum absolute atomic E-state index is 0. The summed E-state index contributed by atoms with van der Waals surface area (Å²) in [5, 5.41) is 69.4. The summed E-state index contributed by atoms with van der Waals surface area (Å²) in [5.74, 6) is -4.77. The zero-order chi connectivity index (χ0) is 47.4. The number of benzene rings is 6. The van der Waals surface area contributed by atoms with E-state index in [1.807, 2.05) is 0 Å². The van der Waals surface area contributed by atoms with Crippen LogP contribution >= 0.6 is 11.6 Å². The van der Waals surface area contributed by atoms with Crippen molar-refractivity contribution in [3.8, 4) is 23.0 Å². The van der Waals surface area contributed by atoms with Crippen molar-refractivity contribution in [1.29, 1.82) is 0 Å². The number of hydrogen-bond donors (Lipinski definition) is 2. The molecular formula is C35H16ClCu2N9Na4O16S4. The molecule has 0 saturated carbocycles. The van der Waals surface area contributed by atoms with Gasteiger partial charge < -0.3 is 49.3 Å². The van der Waals surface area contributed by atoms with Gasteiger partial charge in [0.1, 0.15) is 40.5 Å². The van der Waals surface area contributed by atoms with E-state index >= 15 is 0 Å². The van der Waals surface area contributed by atoms with Gasteiger partial charge in [-0.1, -0.05) is 47.3 Å². The number of nitrogens with zero attached hydrogens (tertiary/aromatic N) is 7. The van der Waals surface area contributed by atoms with Crippen LogP contribution < -0.4 is 149 Å². The van der Waals surface area contributed by atoms with Gasteiger partial charge in [-0.2, -0.15) is 25.2 Å². The van der Waals surface area contributed by atoms with Crippen LogP contribution in [0.2, 0.25) is 5.28 Å². The van der Waals surface area contributed by atoms with E-state index in [0.717, 1.165) is 12.1 Å². The van der Waals surface area contributed by atoms with Gasteiger partial charge in [0, 0.05) is 11.4 Å². The fourth-order valence-corrected chi connectivity index (χ4v) is 8.22. The molecule has 0 saturated heterocycles. The van der Waals surface area contributed by atoms with Crippen LogP contribution in [-0.4, -0.2) is 66.8 Å². The Kier molecular flexibility index (Phi) is 24.5. The van der Waals surface area contributed by atoms with Crippen molar-refractivity contribution >= 4 is 120 Å². The standard InChI is InChI=1S/C35H24ClN9O16S4.2Cu.4Na/c36-33-39-34(37-17-1-5-21-15(9-17)11-27(64(56,57)58)29(31(21)48)44-42-23-13-19(62(50,51)52)3-7-25(23)46)41-35(40-33)38-18-2-6-22-16(10-18)12-28(65(59,60)61)30(32(22)49)45-43-24-14-20(63(53,54)55)4-8-26(24)47;;;;;;/h1-14,46-49H,(H,50,51,52)(H,53,54,55)(H,56,57,58)(H,59,60,61)(H2,37,38,39,40,41);;;;;;/q;2*+2;4*+1/p-8. The summed E-state index contributed by atoms with van der Waals surface area (Å²) in [6, 6.07) is 12.7. The molecule has 0 fully saturated rings. The monoisotopic (exact) mass is 1200 g/mol. The van der Waals surface area contributed by atoms with E-state index in [2.05, 4.69) is 46.0 Å². The van der Waals surface area contributed by atoms with Crippen LogP contribution in [0.5, 0.6) is 23.0 Å². The van der Waals surface area contributed by atoms with Gasteiger partial charge in [-0.15, -0.1) is 10.2 Å². The van der Waals surface area contributed by atoms with Crippen LogP contribution in [0.4, 0.5) is 46.0 Å². The molecule has 1 heterocycles. The first kappa shape index (κ1) is 66.8. The predicted octanol–water partition coefficient (Wildman–Crippen LogP) is -8.93. The van der Waals surface area contributed by atoms with E-state index in [0.29, 0.717) is 36.4 Å². The Labute approximate surface area is 516 Å². The van der Waals surface area contributed by atoms with Gasteiger partial charge in [0.25, 0.3) is 0 Å². The largest absolute Gasteiger partial charge is 2.00 e. The maximum Gasteiger partial charge on any atom is 2.00 e. The summed E-state index contributed by atoms with van der Waals surface area (Å²) >= 11 is 6.12. The molecule has 0 aliphatic rings. The smallest absolute Gasteiger partial charge is 0.871 e. The summed E-state index contributed by atoms with van der Waals surface area (Å²) in [6.45, 7) is 0. The van der Waals surface area contributed by atoms with Gasteiger partial charge in [-0.3, -0.25) is 0 Å². The van der Waals surface area contributed by atoms with Crippen molar-refractivity contribution in [2.75, 3.05) is 10.6 Å². The van der Waals surface area contributed by atoms with E-state index < -0.39 is 111 Å². The number of anilines is 4. The number of nitrogens with one attached hydrogen (secondary N) is 2. The molecule has 71 heavy (non-hydrogen) atoms. The topological polar surface area (TPSA) is 433 Å². The number of rotatable bonds is 12. The molecule has 1 aromatic heterocycles. The second-order valence-electron chi connectivity index (χ2n) is 13.0. The average Bonchev–Trinajstić information content (AvgIpc) is 3.19. The Balaban J connectivity index is 0.00000420. The van der Waals surface area contributed by atoms with Gasteiger partial charge >= 0.3 is 152 Å². The van der Waals surface area contributed by atoms with Crippen LogP contribution in [-0.2, 0) is 74.6 Å². The molecule has 7 rings (SSSR count). The van der Waals surface area contributed by atoms with Crippen molar-refractivity contribution in [3.63, 3.8) is 0 Å². The fraction of sp³-hybridized carbons (Fsp3) is 0. The third-order valence-electron chi connectivity index (χ3n) is 8.68. The summed E-state index contributed by atoms with van der Waals surface area (Å²) < 4.78 is 142. The molecule has 0 spiro atoms. The molecule has 0 aliphatic heterocycles. The minimum Gasteiger partial charge on any atom is -0.871 e. The zero-order valence-electron chi connectivity index (χ0n) is 35.9.